The highest BCUT2D eigenvalue weighted by Gasteiger charge is 2.23. The molecule has 0 bridgehead atoms. The summed E-state index contributed by atoms with van der Waals surface area (Å²) in [7, 11) is 0. The van der Waals surface area contributed by atoms with Gasteiger partial charge in [-0.2, -0.15) is 4.98 Å². The van der Waals surface area contributed by atoms with Gasteiger partial charge in [-0.05, 0) is 49.9 Å². The second kappa shape index (κ2) is 7.37. The van der Waals surface area contributed by atoms with Gasteiger partial charge in [0.05, 0.1) is 10.7 Å². The van der Waals surface area contributed by atoms with Crippen molar-refractivity contribution >= 4 is 40.7 Å². The number of anilines is 3. The number of nitrogens with zero attached hydrogens (tertiary/aromatic N) is 3. The minimum Gasteiger partial charge on any atom is -0.339 e. The van der Waals surface area contributed by atoms with Gasteiger partial charge in [0.15, 0.2) is 0 Å². The molecule has 1 aromatic heterocycles. The van der Waals surface area contributed by atoms with E-state index in [1.54, 1.807) is 24.4 Å². The van der Waals surface area contributed by atoms with Crippen molar-refractivity contribution in [3.05, 3.63) is 40.5 Å². The molecule has 1 N–H and O–H groups in total. The van der Waals surface area contributed by atoms with E-state index in [1.807, 2.05) is 6.07 Å². The van der Waals surface area contributed by atoms with Gasteiger partial charge in [-0.3, -0.25) is 0 Å². The normalized spacial score (nSPS) is 18.0. The highest BCUT2D eigenvalue weighted by Crippen LogP contribution is 2.29. The maximum Gasteiger partial charge on any atom is 0.227 e. The summed E-state index contributed by atoms with van der Waals surface area (Å²) in [6.07, 6.45) is 6.58. The van der Waals surface area contributed by atoms with Crippen molar-refractivity contribution in [2.75, 3.05) is 16.8 Å². The van der Waals surface area contributed by atoms with E-state index >= 15 is 0 Å². The van der Waals surface area contributed by atoms with Crippen LogP contribution < -0.4 is 10.2 Å². The van der Waals surface area contributed by atoms with Crippen molar-refractivity contribution in [3.8, 4) is 0 Å². The van der Waals surface area contributed by atoms with Crippen molar-refractivity contribution in [1.82, 2.24) is 9.97 Å². The molecule has 1 aromatic carbocycles. The monoisotopic (exact) mass is 350 g/mol. The Morgan fingerprint density at radius 1 is 1.26 bits per heavy atom. The van der Waals surface area contributed by atoms with Gasteiger partial charge in [0.25, 0.3) is 0 Å². The average Bonchev–Trinajstić information content (AvgIpc) is 2.58. The zero-order valence-corrected chi connectivity index (χ0v) is 14.6. The number of rotatable bonds is 4. The van der Waals surface area contributed by atoms with Crippen molar-refractivity contribution in [3.63, 3.8) is 0 Å². The molecule has 1 unspecified atom stereocenters. The first-order valence-electron chi connectivity index (χ1n) is 7.99. The summed E-state index contributed by atoms with van der Waals surface area (Å²) in [5, 5.41) is 4.47. The third-order valence-corrected chi connectivity index (χ3v) is 4.75. The maximum absolute atomic E-state index is 6.21. The third kappa shape index (κ3) is 3.88. The van der Waals surface area contributed by atoms with Gasteiger partial charge in [0.1, 0.15) is 5.82 Å². The number of hydrogen-bond donors (Lipinski definition) is 1. The molecular formula is C17H20Cl2N4. The smallest absolute Gasteiger partial charge is 0.227 e. The van der Waals surface area contributed by atoms with Crippen LogP contribution in [0.25, 0.3) is 0 Å². The maximum atomic E-state index is 6.21. The Morgan fingerprint density at radius 2 is 2.13 bits per heavy atom. The molecule has 0 amide bonds. The molecular weight excluding hydrogens is 331 g/mol. The molecule has 23 heavy (non-hydrogen) atoms. The van der Waals surface area contributed by atoms with Crippen LogP contribution in [0.3, 0.4) is 0 Å². The van der Waals surface area contributed by atoms with Gasteiger partial charge in [-0.15, -0.1) is 0 Å². The Labute approximate surface area is 146 Å². The van der Waals surface area contributed by atoms with Crippen molar-refractivity contribution in [2.24, 2.45) is 0 Å². The van der Waals surface area contributed by atoms with Gasteiger partial charge >= 0.3 is 0 Å². The molecule has 2 heterocycles. The van der Waals surface area contributed by atoms with Crippen molar-refractivity contribution < 1.29 is 0 Å². The summed E-state index contributed by atoms with van der Waals surface area (Å²) in [6, 6.07) is 7.69. The van der Waals surface area contributed by atoms with Gasteiger partial charge in [-0.1, -0.05) is 30.1 Å². The van der Waals surface area contributed by atoms with Crippen LogP contribution in [-0.4, -0.2) is 22.6 Å². The standard InChI is InChI=1S/C17H20Cl2N4/c1-2-13-5-3-4-10-23(13)17-20-9-8-16(22-17)21-15-11-12(18)6-7-14(15)19/h6-9,11,13H,2-5,10H2,1H3,(H,20,21,22). The van der Waals surface area contributed by atoms with E-state index in [0.29, 0.717) is 16.1 Å². The lowest BCUT2D eigenvalue weighted by Gasteiger charge is -2.35. The first-order valence-corrected chi connectivity index (χ1v) is 8.74. The van der Waals surface area contributed by atoms with Gasteiger partial charge in [0, 0.05) is 23.8 Å². The van der Waals surface area contributed by atoms with E-state index < -0.39 is 0 Å². The number of hydrogen-bond acceptors (Lipinski definition) is 4. The second-order valence-corrected chi connectivity index (χ2v) is 6.59. The summed E-state index contributed by atoms with van der Waals surface area (Å²) in [4.78, 5) is 11.4. The zero-order chi connectivity index (χ0) is 16.2. The molecule has 3 rings (SSSR count). The molecule has 1 saturated heterocycles. The van der Waals surface area contributed by atoms with Crippen LogP contribution in [0.2, 0.25) is 10.0 Å². The van der Waals surface area contributed by atoms with E-state index in [2.05, 4.69) is 27.1 Å². The van der Waals surface area contributed by atoms with Gasteiger partial charge < -0.3 is 10.2 Å². The fourth-order valence-electron chi connectivity index (χ4n) is 2.98. The first-order chi connectivity index (χ1) is 11.2. The third-order valence-electron chi connectivity index (χ3n) is 4.19. The van der Waals surface area contributed by atoms with Crippen LogP contribution >= 0.6 is 23.2 Å². The SMILES string of the molecule is CCC1CCCCN1c1nccc(Nc2cc(Cl)ccc2Cl)n1. The summed E-state index contributed by atoms with van der Waals surface area (Å²) in [5.41, 5.74) is 0.745. The summed E-state index contributed by atoms with van der Waals surface area (Å²) < 4.78 is 0. The number of benzene rings is 1. The van der Waals surface area contributed by atoms with Crippen molar-refractivity contribution in [1.29, 1.82) is 0 Å². The van der Waals surface area contributed by atoms with Crippen LogP contribution in [0, 0.1) is 0 Å². The minimum absolute atomic E-state index is 0.522. The van der Waals surface area contributed by atoms with Crippen LogP contribution in [-0.2, 0) is 0 Å². The second-order valence-electron chi connectivity index (χ2n) is 5.74. The Kier molecular flexibility index (Phi) is 5.23. The Bertz CT molecular complexity index is 677. The molecule has 2 aromatic rings. The lowest BCUT2D eigenvalue weighted by molar-refractivity contribution is 0.443. The molecule has 1 atom stereocenters. The molecule has 4 nitrogen and oxygen atoms in total. The topological polar surface area (TPSA) is 41.1 Å². The summed E-state index contributed by atoms with van der Waals surface area (Å²) in [6.45, 7) is 3.23. The number of nitrogens with one attached hydrogen (secondary N) is 1. The quantitative estimate of drug-likeness (QED) is 0.812. The van der Waals surface area contributed by atoms with E-state index in [0.717, 1.165) is 30.4 Å². The molecule has 1 aliphatic rings. The predicted molar refractivity (Wildman–Crippen MR) is 97.1 cm³/mol. The molecule has 0 radical (unpaired) electrons. The van der Waals surface area contributed by atoms with Crippen LogP contribution in [0.15, 0.2) is 30.5 Å². The fourth-order valence-corrected chi connectivity index (χ4v) is 3.31. The number of piperidine rings is 1. The number of halogens is 2. The van der Waals surface area contributed by atoms with E-state index in [4.69, 9.17) is 23.2 Å². The van der Waals surface area contributed by atoms with Gasteiger partial charge in [-0.25, -0.2) is 4.98 Å². The predicted octanol–water partition coefficient (Wildman–Crippen LogP) is 5.30. The lowest BCUT2D eigenvalue weighted by atomic mass is 10.0. The highest BCUT2D eigenvalue weighted by molar-refractivity contribution is 6.35. The van der Waals surface area contributed by atoms with E-state index in [9.17, 15) is 0 Å². The van der Waals surface area contributed by atoms with E-state index in [1.165, 1.54) is 19.3 Å². The lowest BCUT2D eigenvalue weighted by Crippen LogP contribution is -2.40. The number of aromatic nitrogens is 2. The molecule has 0 saturated carbocycles. The van der Waals surface area contributed by atoms with E-state index in [-0.39, 0.29) is 0 Å². The fraction of sp³-hybridized carbons (Fsp3) is 0.412. The van der Waals surface area contributed by atoms with Crippen molar-refractivity contribution in [2.45, 2.75) is 38.6 Å². The Balaban J connectivity index is 1.83. The molecule has 1 aliphatic heterocycles. The molecule has 122 valence electrons. The Hall–Kier alpha value is -1.52. The van der Waals surface area contributed by atoms with Crippen LogP contribution in [0.4, 0.5) is 17.5 Å². The Morgan fingerprint density at radius 3 is 2.96 bits per heavy atom. The molecule has 0 aliphatic carbocycles. The minimum atomic E-state index is 0.522. The largest absolute Gasteiger partial charge is 0.339 e. The highest BCUT2D eigenvalue weighted by atomic mass is 35.5. The molecule has 1 fully saturated rings. The summed E-state index contributed by atoms with van der Waals surface area (Å²) in [5.74, 6) is 1.50. The zero-order valence-electron chi connectivity index (χ0n) is 13.1. The first kappa shape index (κ1) is 16.3. The van der Waals surface area contributed by atoms with Gasteiger partial charge in [0.2, 0.25) is 5.95 Å². The van der Waals surface area contributed by atoms with Crippen LogP contribution in [0.1, 0.15) is 32.6 Å². The molecule has 6 heteroatoms. The van der Waals surface area contributed by atoms with Crippen LogP contribution in [0.5, 0.6) is 0 Å². The molecule has 0 spiro atoms. The summed E-state index contributed by atoms with van der Waals surface area (Å²) >= 11 is 12.2. The average molecular weight is 351 g/mol.